The van der Waals surface area contributed by atoms with Crippen LogP contribution in [0.15, 0.2) is 91.0 Å². The number of nitrogens with zero attached hydrogens (tertiary/aromatic N) is 3. The molecule has 0 aliphatic rings. The van der Waals surface area contributed by atoms with E-state index in [4.69, 9.17) is 11.6 Å². The van der Waals surface area contributed by atoms with E-state index in [0.717, 1.165) is 22.0 Å². The lowest BCUT2D eigenvalue weighted by atomic mass is 10.1. The third-order valence-corrected chi connectivity index (χ3v) is 4.49. The summed E-state index contributed by atoms with van der Waals surface area (Å²) in [5.41, 5.74) is 2.80. The molecular formula is C23H16ClFN4. The fourth-order valence-corrected chi connectivity index (χ4v) is 3.21. The molecule has 4 aromatic rings. The Balaban J connectivity index is 1.91. The van der Waals surface area contributed by atoms with Crippen LogP contribution in [0.25, 0.3) is 27.4 Å². The van der Waals surface area contributed by atoms with Crippen LogP contribution in [-0.2, 0) is 0 Å². The van der Waals surface area contributed by atoms with Gasteiger partial charge in [0.25, 0.3) is 0 Å². The summed E-state index contributed by atoms with van der Waals surface area (Å²) in [7, 11) is 0. The first-order valence-electron chi connectivity index (χ1n) is 8.81. The topological polar surface area (TPSA) is 50.7 Å². The SMILES string of the molecule is C=C(Cl)/C=C(\C(=C)F)c1cc(Nc2ncnc3ccccc23)c2ccccc2n1. The Bertz CT molecular complexity index is 1290. The Labute approximate surface area is 172 Å². The molecule has 2 aromatic carbocycles. The Morgan fingerprint density at radius 2 is 1.66 bits per heavy atom. The molecule has 0 spiro atoms. The highest BCUT2D eigenvalue weighted by Gasteiger charge is 2.14. The number of hydrogen-bond acceptors (Lipinski definition) is 4. The molecule has 2 heterocycles. The quantitative estimate of drug-likeness (QED) is 0.385. The van der Waals surface area contributed by atoms with Crippen LogP contribution in [0.2, 0.25) is 0 Å². The van der Waals surface area contributed by atoms with Crippen LogP contribution < -0.4 is 5.32 Å². The van der Waals surface area contributed by atoms with Crippen LogP contribution in [0.3, 0.4) is 0 Å². The Kier molecular flexibility index (Phi) is 5.06. The van der Waals surface area contributed by atoms with Crippen molar-refractivity contribution in [2.45, 2.75) is 0 Å². The summed E-state index contributed by atoms with van der Waals surface area (Å²) in [6.07, 6.45) is 2.91. The summed E-state index contributed by atoms with van der Waals surface area (Å²) >= 11 is 5.88. The van der Waals surface area contributed by atoms with Crippen molar-refractivity contribution in [2.75, 3.05) is 5.32 Å². The largest absolute Gasteiger partial charge is 0.339 e. The maximum absolute atomic E-state index is 14.1. The summed E-state index contributed by atoms with van der Waals surface area (Å²) in [6.45, 7) is 7.01. The lowest BCUT2D eigenvalue weighted by Gasteiger charge is -2.14. The van der Waals surface area contributed by atoms with Gasteiger partial charge in [0.2, 0.25) is 0 Å². The zero-order chi connectivity index (χ0) is 20.4. The highest BCUT2D eigenvalue weighted by Crippen LogP contribution is 2.32. The fraction of sp³-hybridized carbons (Fsp3) is 0. The molecular weight excluding hydrogens is 387 g/mol. The molecule has 1 N–H and O–H groups in total. The number of para-hydroxylation sites is 2. The van der Waals surface area contributed by atoms with Crippen LogP contribution in [0.1, 0.15) is 5.69 Å². The predicted octanol–water partition coefficient (Wildman–Crippen LogP) is 6.54. The molecule has 0 bridgehead atoms. The van der Waals surface area contributed by atoms with Crippen molar-refractivity contribution in [1.29, 1.82) is 0 Å². The molecule has 6 heteroatoms. The molecule has 0 amide bonds. The number of halogens is 2. The van der Waals surface area contributed by atoms with Crippen molar-refractivity contribution in [3.8, 4) is 0 Å². The van der Waals surface area contributed by atoms with Crippen molar-refractivity contribution < 1.29 is 4.39 Å². The maximum Gasteiger partial charge on any atom is 0.141 e. The fourth-order valence-electron chi connectivity index (χ4n) is 3.10. The third-order valence-electron chi connectivity index (χ3n) is 4.38. The van der Waals surface area contributed by atoms with Crippen LogP contribution >= 0.6 is 11.6 Å². The molecule has 4 nitrogen and oxygen atoms in total. The van der Waals surface area contributed by atoms with E-state index in [-0.39, 0.29) is 10.6 Å². The lowest BCUT2D eigenvalue weighted by Crippen LogP contribution is -2.00. The van der Waals surface area contributed by atoms with Gasteiger partial charge >= 0.3 is 0 Å². The second-order valence-electron chi connectivity index (χ2n) is 6.35. The molecule has 0 saturated heterocycles. The summed E-state index contributed by atoms with van der Waals surface area (Å²) < 4.78 is 14.1. The molecule has 0 saturated carbocycles. The van der Waals surface area contributed by atoms with E-state index in [1.54, 1.807) is 6.07 Å². The summed E-state index contributed by atoms with van der Waals surface area (Å²) in [5.74, 6) is -0.00252. The smallest absolute Gasteiger partial charge is 0.141 e. The average molecular weight is 403 g/mol. The van der Waals surface area contributed by atoms with Gasteiger partial charge in [-0.05, 0) is 30.3 Å². The molecule has 0 aliphatic heterocycles. The van der Waals surface area contributed by atoms with E-state index in [9.17, 15) is 4.39 Å². The van der Waals surface area contributed by atoms with E-state index in [1.807, 2.05) is 48.5 Å². The van der Waals surface area contributed by atoms with Crippen molar-refractivity contribution in [2.24, 2.45) is 0 Å². The number of rotatable bonds is 5. The van der Waals surface area contributed by atoms with E-state index >= 15 is 0 Å². The second kappa shape index (κ2) is 7.81. The highest BCUT2D eigenvalue weighted by molar-refractivity contribution is 6.31. The molecule has 0 unspecified atom stereocenters. The molecule has 0 radical (unpaired) electrons. The van der Waals surface area contributed by atoms with Gasteiger partial charge in [-0.15, -0.1) is 0 Å². The molecule has 0 atom stereocenters. The zero-order valence-electron chi connectivity index (χ0n) is 15.4. The van der Waals surface area contributed by atoms with Crippen LogP contribution in [0.5, 0.6) is 0 Å². The molecule has 0 aliphatic carbocycles. The Morgan fingerprint density at radius 1 is 0.966 bits per heavy atom. The van der Waals surface area contributed by atoms with Crippen LogP contribution in [0.4, 0.5) is 15.9 Å². The minimum atomic E-state index is -0.645. The van der Waals surface area contributed by atoms with Gasteiger partial charge in [0, 0.05) is 21.4 Å². The van der Waals surface area contributed by atoms with Crippen molar-refractivity contribution in [3.63, 3.8) is 0 Å². The number of aromatic nitrogens is 3. The van der Waals surface area contributed by atoms with Gasteiger partial charge in [0.1, 0.15) is 18.0 Å². The number of nitrogens with one attached hydrogen (secondary N) is 1. The minimum Gasteiger partial charge on any atom is -0.339 e. The number of fused-ring (bicyclic) bond motifs is 2. The molecule has 2 aromatic heterocycles. The van der Waals surface area contributed by atoms with Gasteiger partial charge in [-0.1, -0.05) is 55.1 Å². The molecule has 4 rings (SSSR count). The summed E-state index contributed by atoms with van der Waals surface area (Å²) in [5, 5.41) is 5.28. The standard InChI is InChI=1S/C23H16ClFN4/c1-14(24)11-18(15(2)25)22-12-21(16-7-3-6-10-20(16)28-22)29-23-17-8-4-5-9-19(17)26-13-27-23/h3-13H,1-2H2,(H,26,27,28,29)/b18-11+. The second-order valence-corrected chi connectivity index (χ2v) is 6.83. The Hall–Kier alpha value is -3.57. The number of allylic oxidation sites excluding steroid dienone is 4. The van der Waals surface area contributed by atoms with Gasteiger partial charge in [-0.2, -0.15) is 0 Å². The van der Waals surface area contributed by atoms with Gasteiger partial charge in [0.15, 0.2) is 0 Å². The van der Waals surface area contributed by atoms with Crippen molar-refractivity contribution in [1.82, 2.24) is 15.0 Å². The summed E-state index contributed by atoms with van der Waals surface area (Å²) in [6, 6.07) is 17.0. The van der Waals surface area contributed by atoms with E-state index in [1.165, 1.54) is 12.4 Å². The molecule has 0 fully saturated rings. The summed E-state index contributed by atoms with van der Waals surface area (Å²) in [4.78, 5) is 13.2. The monoisotopic (exact) mass is 402 g/mol. The normalized spacial score (nSPS) is 11.6. The van der Waals surface area contributed by atoms with Gasteiger partial charge in [-0.3, -0.25) is 0 Å². The number of hydrogen-bond donors (Lipinski definition) is 1. The zero-order valence-corrected chi connectivity index (χ0v) is 16.1. The molecule has 142 valence electrons. The van der Waals surface area contributed by atoms with Gasteiger partial charge in [-0.25, -0.2) is 19.3 Å². The number of pyridine rings is 1. The minimum absolute atomic E-state index is 0.173. The predicted molar refractivity (Wildman–Crippen MR) is 118 cm³/mol. The lowest BCUT2D eigenvalue weighted by molar-refractivity contribution is 0.677. The van der Waals surface area contributed by atoms with E-state index in [0.29, 0.717) is 17.0 Å². The third kappa shape index (κ3) is 3.86. The van der Waals surface area contributed by atoms with Crippen molar-refractivity contribution in [3.05, 3.63) is 96.7 Å². The van der Waals surface area contributed by atoms with Gasteiger partial charge in [0.05, 0.1) is 22.4 Å². The van der Waals surface area contributed by atoms with Gasteiger partial charge < -0.3 is 5.32 Å². The van der Waals surface area contributed by atoms with E-state index in [2.05, 4.69) is 33.4 Å². The van der Waals surface area contributed by atoms with Crippen LogP contribution in [-0.4, -0.2) is 15.0 Å². The first-order chi connectivity index (χ1) is 14.0. The van der Waals surface area contributed by atoms with E-state index < -0.39 is 5.83 Å². The maximum atomic E-state index is 14.1. The average Bonchev–Trinajstić information content (AvgIpc) is 2.72. The molecule has 29 heavy (non-hydrogen) atoms. The number of anilines is 2. The highest BCUT2D eigenvalue weighted by atomic mass is 35.5. The van der Waals surface area contributed by atoms with Crippen molar-refractivity contribution >= 4 is 50.5 Å². The Morgan fingerprint density at radius 3 is 2.38 bits per heavy atom. The first kappa shape index (κ1) is 18.8. The number of benzene rings is 2. The first-order valence-corrected chi connectivity index (χ1v) is 9.18. The van der Waals surface area contributed by atoms with Crippen LogP contribution in [0, 0.1) is 0 Å².